The highest BCUT2D eigenvalue weighted by molar-refractivity contribution is 5.94. The van der Waals surface area contributed by atoms with Crippen LogP contribution >= 0.6 is 0 Å². The van der Waals surface area contributed by atoms with Gasteiger partial charge in [0.2, 0.25) is 0 Å². The molecule has 1 atom stereocenters. The molecule has 0 radical (unpaired) electrons. The van der Waals surface area contributed by atoms with Gasteiger partial charge in [0, 0.05) is 36.4 Å². The molecule has 1 aromatic heterocycles. The zero-order chi connectivity index (χ0) is 25.1. The first-order valence-electron chi connectivity index (χ1n) is 11.6. The number of aryl methyl sites for hydroxylation is 1. The second-order valence-corrected chi connectivity index (χ2v) is 8.59. The molecule has 182 valence electrons. The summed E-state index contributed by atoms with van der Waals surface area (Å²) in [5.41, 5.74) is 2.99. The van der Waals surface area contributed by atoms with E-state index in [2.05, 4.69) is 18.2 Å². The fraction of sp³-hybridized carbons (Fsp3) is 0.333. The summed E-state index contributed by atoms with van der Waals surface area (Å²) in [5.74, 6) is 0.367. The van der Waals surface area contributed by atoms with Crippen molar-refractivity contribution in [2.24, 2.45) is 7.05 Å². The van der Waals surface area contributed by atoms with Crippen molar-refractivity contribution in [3.8, 4) is 12.3 Å². The Hall–Kier alpha value is -3.86. The number of terminal acetylenes is 1. The number of benzene rings is 2. The number of amides is 2. The van der Waals surface area contributed by atoms with Crippen molar-refractivity contribution in [1.82, 2.24) is 9.47 Å². The Balaban J connectivity index is 1.68. The topological polar surface area (TPSA) is 63.6 Å². The first-order chi connectivity index (χ1) is 16.8. The van der Waals surface area contributed by atoms with Gasteiger partial charge >= 0.3 is 6.09 Å². The molecule has 6 nitrogen and oxygen atoms in total. The third-order valence-corrected chi connectivity index (χ3v) is 6.37. The molecule has 0 bridgehead atoms. The Bertz CT molecular complexity index is 1310. The number of carbonyl (C=O) groups excluding carboxylic acids is 2. The molecule has 1 aliphatic rings. The number of nitrogens with one attached hydrogen (secondary N) is 1. The highest BCUT2D eigenvalue weighted by atomic mass is 19.1. The molecule has 35 heavy (non-hydrogen) atoms. The fourth-order valence-corrected chi connectivity index (χ4v) is 4.78. The smallest absolute Gasteiger partial charge is 0.411 e. The van der Waals surface area contributed by atoms with Gasteiger partial charge in [-0.3, -0.25) is 10.1 Å². The molecule has 8 heteroatoms. The molecule has 1 aliphatic heterocycles. The normalized spacial score (nSPS) is 14.9. The Morgan fingerprint density at radius 1 is 1.20 bits per heavy atom. The van der Waals surface area contributed by atoms with Gasteiger partial charge in [0.05, 0.1) is 18.2 Å². The van der Waals surface area contributed by atoms with E-state index < -0.39 is 29.7 Å². The van der Waals surface area contributed by atoms with Crippen LogP contribution in [0.4, 0.5) is 19.3 Å². The van der Waals surface area contributed by atoms with Crippen molar-refractivity contribution in [1.29, 1.82) is 0 Å². The van der Waals surface area contributed by atoms with Crippen molar-refractivity contribution >= 4 is 28.6 Å². The number of nitrogens with zero attached hydrogens (tertiary/aromatic N) is 2. The molecule has 0 saturated heterocycles. The Kier molecular flexibility index (Phi) is 7.06. The van der Waals surface area contributed by atoms with Crippen molar-refractivity contribution < 1.29 is 23.1 Å². The van der Waals surface area contributed by atoms with Crippen LogP contribution in [0, 0.1) is 24.0 Å². The van der Waals surface area contributed by atoms with Gasteiger partial charge < -0.3 is 14.2 Å². The predicted octanol–water partition coefficient (Wildman–Crippen LogP) is 5.30. The lowest BCUT2D eigenvalue weighted by molar-refractivity contribution is -0.127. The molecule has 2 aromatic carbocycles. The van der Waals surface area contributed by atoms with E-state index in [1.54, 1.807) is 40.8 Å². The molecule has 2 heterocycles. The number of unbranched alkanes of at least 4 members (excludes halogenated alkanes) is 2. The molecular formula is C27H27F2N3O3. The fourth-order valence-electron chi connectivity index (χ4n) is 4.78. The van der Waals surface area contributed by atoms with Crippen LogP contribution in [0.2, 0.25) is 0 Å². The molecule has 3 aromatic rings. The molecular weight excluding hydrogens is 452 g/mol. The Labute approximate surface area is 202 Å². The van der Waals surface area contributed by atoms with Gasteiger partial charge in [0.25, 0.3) is 5.91 Å². The van der Waals surface area contributed by atoms with Crippen LogP contribution in [0.15, 0.2) is 36.4 Å². The summed E-state index contributed by atoms with van der Waals surface area (Å²) in [6.45, 7) is 2.73. The third kappa shape index (κ3) is 4.72. The van der Waals surface area contributed by atoms with Crippen LogP contribution in [-0.2, 0) is 23.0 Å². The summed E-state index contributed by atoms with van der Waals surface area (Å²) >= 11 is 0. The van der Waals surface area contributed by atoms with E-state index in [4.69, 9.17) is 11.2 Å². The standard InChI is InChI=1S/C27H27F2N3O3/c1-4-6-7-14-35-27(34)30-19-10-8-17(9-11-19)24-26-20(12-13-32(24)23(33)5-2)21-15-18(28)16-22(29)25(21)31(26)3/h2,8-11,15-16,24H,4,6-7,12-14H2,1,3H3,(H,30,34). The zero-order valence-electron chi connectivity index (χ0n) is 19.7. The van der Waals surface area contributed by atoms with Crippen molar-refractivity contribution in [3.63, 3.8) is 0 Å². The van der Waals surface area contributed by atoms with Gasteiger partial charge in [-0.25, -0.2) is 13.6 Å². The Morgan fingerprint density at radius 2 is 1.94 bits per heavy atom. The summed E-state index contributed by atoms with van der Waals surface area (Å²) in [6.07, 6.45) is 8.15. The number of carbonyl (C=O) groups is 2. The number of anilines is 1. The van der Waals surface area contributed by atoms with Crippen molar-refractivity contribution in [2.75, 3.05) is 18.5 Å². The van der Waals surface area contributed by atoms with Crippen LogP contribution in [0.5, 0.6) is 0 Å². The van der Waals surface area contributed by atoms with Crippen LogP contribution in [0.3, 0.4) is 0 Å². The predicted molar refractivity (Wildman–Crippen MR) is 130 cm³/mol. The summed E-state index contributed by atoms with van der Waals surface area (Å²) in [6, 6.07) is 8.55. The maximum absolute atomic E-state index is 14.7. The monoisotopic (exact) mass is 479 g/mol. The molecule has 4 rings (SSSR count). The van der Waals surface area contributed by atoms with Crippen LogP contribution in [0.1, 0.15) is 49.0 Å². The summed E-state index contributed by atoms with van der Waals surface area (Å²) in [4.78, 5) is 26.2. The van der Waals surface area contributed by atoms with Gasteiger partial charge in [-0.1, -0.05) is 31.9 Å². The van der Waals surface area contributed by atoms with E-state index in [1.165, 1.54) is 6.07 Å². The van der Waals surface area contributed by atoms with E-state index in [9.17, 15) is 18.4 Å². The lowest BCUT2D eigenvalue weighted by Gasteiger charge is -2.36. The number of ether oxygens (including phenoxy) is 1. The average Bonchev–Trinajstić information content (AvgIpc) is 3.13. The highest BCUT2D eigenvalue weighted by Gasteiger charge is 2.36. The lowest BCUT2D eigenvalue weighted by atomic mass is 9.92. The van der Waals surface area contributed by atoms with Gasteiger partial charge in [-0.2, -0.15) is 0 Å². The van der Waals surface area contributed by atoms with E-state index in [-0.39, 0.29) is 5.52 Å². The summed E-state index contributed by atoms with van der Waals surface area (Å²) in [5, 5.41) is 3.18. The van der Waals surface area contributed by atoms with E-state index in [1.807, 2.05) is 0 Å². The molecule has 1 N–H and O–H groups in total. The van der Waals surface area contributed by atoms with E-state index in [0.29, 0.717) is 36.3 Å². The second-order valence-electron chi connectivity index (χ2n) is 8.59. The highest BCUT2D eigenvalue weighted by Crippen LogP contribution is 2.41. The minimum atomic E-state index is -0.664. The number of fused-ring (bicyclic) bond motifs is 3. The quantitative estimate of drug-likeness (QED) is 0.385. The SMILES string of the molecule is C#CC(=O)N1CCc2c(n(C)c3c(F)cc(F)cc23)C1c1ccc(NC(=O)OCCCCC)cc1. The van der Waals surface area contributed by atoms with Crippen LogP contribution in [-0.4, -0.2) is 34.6 Å². The van der Waals surface area contributed by atoms with Gasteiger partial charge in [-0.15, -0.1) is 6.42 Å². The number of aromatic nitrogens is 1. The lowest BCUT2D eigenvalue weighted by Crippen LogP contribution is -2.40. The van der Waals surface area contributed by atoms with Gasteiger partial charge in [0.1, 0.15) is 11.6 Å². The molecule has 0 saturated carbocycles. The molecule has 0 spiro atoms. The van der Waals surface area contributed by atoms with Crippen LogP contribution < -0.4 is 5.32 Å². The molecule has 0 aliphatic carbocycles. The van der Waals surface area contributed by atoms with E-state index >= 15 is 0 Å². The maximum Gasteiger partial charge on any atom is 0.411 e. The first kappa shape index (κ1) is 24.3. The van der Waals surface area contributed by atoms with Gasteiger partial charge in [0.15, 0.2) is 0 Å². The van der Waals surface area contributed by atoms with Crippen LogP contribution in [0.25, 0.3) is 10.9 Å². The number of hydrogen-bond acceptors (Lipinski definition) is 3. The minimum absolute atomic E-state index is 0.278. The number of halogens is 2. The third-order valence-electron chi connectivity index (χ3n) is 6.37. The number of rotatable bonds is 6. The minimum Gasteiger partial charge on any atom is -0.449 e. The summed E-state index contributed by atoms with van der Waals surface area (Å²) in [7, 11) is 1.70. The van der Waals surface area contributed by atoms with Crippen molar-refractivity contribution in [3.05, 3.63) is 64.9 Å². The molecule has 0 fully saturated rings. The zero-order valence-corrected chi connectivity index (χ0v) is 19.7. The van der Waals surface area contributed by atoms with Gasteiger partial charge in [-0.05, 0) is 48.1 Å². The second kappa shape index (κ2) is 10.2. The van der Waals surface area contributed by atoms with E-state index in [0.717, 1.165) is 36.5 Å². The number of hydrogen-bond donors (Lipinski definition) is 1. The van der Waals surface area contributed by atoms with Crippen molar-refractivity contribution in [2.45, 2.75) is 38.6 Å². The average molecular weight is 480 g/mol. The largest absolute Gasteiger partial charge is 0.449 e. The molecule has 2 amide bonds. The first-order valence-corrected chi connectivity index (χ1v) is 11.6. The Morgan fingerprint density at radius 3 is 2.63 bits per heavy atom. The maximum atomic E-state index is 14.7. The molecule has 1 unspecified atom stereocenters. The summed E-state index contributed by atoms with van der Waals surface area (Å²) < 4.78 is 35.6.